The Morgan fingerprint density at radius 1 is 1.18 bits per heavy atom. The number of aryl methyl sites for hydroxylation is 1. The molecule has 0 saturated heterocycles. The summed E-state index contributed by atoms with van der Waals surface area (Å²) >= 11 is 6.22. The summed E-state index contributed by atoms with van der Waals surface area (Å²) in [6, 6.07) is 13.2. The van der Waals surface area contributed by atoms with Crippen LogP contribution in [0, 0.1) is 5.82 Å². The van der Waals surface area contributed by atoms with E-state index in [1.807, 2.05) is 37.3 Å². The van der Waals surface area contributed by atoms with Crippen molar-refractivity contribution >= 4 is 22.6 Å². The number of nitrogens with two attached hydrogens (primary N) is 2. The molecule has 0 fully saturated rings. The Morgan fingerprint density at radius 3 is 2.67 bits per heavy atom. The van der Waals surface area contributed by atoms with E-state index < -0.39 is 11.5 Å². The fraction of sp³-hybridized carbons (Fsp3) is 0.333. The Bertz CT molecular complexity index is 1480. The minimum Gasteiger partial charge on any atom is -0.339 e. The van der Waals surface area contributed by atoms with Gasteiger partial charge in [-0.15, -0.1) is 6.58 Å². The predicted octanol–water partition coefficient (Wildman–Crippen LogP) is 5.23. The van der Waals surface area contributed by atoms with Gasteiger partial charge in [0, 0.05) is 35.8 Å². The van der Waals surface area contributed by atoms with E-state index in [-0.39, 0.29) is 17.1 Å². The normalized spacial score (nSPS) is 13.1. The molecule has 0 unspecified atom stereocenters. The number of nitrogens with one attached hydrogen (secondary N) is 2. The van der Waals surface area contributed by atoms with Crippen LogP contribution in [-0.2, 0) is 13.0 Å². The number of aromatic nitrogens is 3. The standard InChI is InChI=1S/C30H36ClFN6O/c1-3-5-23(34)12-13-35-17-20-8-10-24(11-9-20)38-18-22-16-27(36-29(22)37-30(38)39)25-14-21(7-4-6-19(2)33)15-26(31)28(25)32/h3,8-11,14-16,18-19,23,35H,1,4-7,12-13,17,33-34H2,2H3,(H,36,37,39)/t19-,23-/m0/s1. The van der Waals surface area contributed by atoms with Crippen LogP contribution in [0.3, 0.4) is 0 Å². The molecule has 7 nitrogen and oxygen atoms in total. The van der Waals surface area contributed by atoms with Crippen molar-refractivity contribution in [1.29, 1.82) is 0 Å². The molecule has 2 aromatic heterocycles. The molecule has 4 rings (SSSR count). The molecule has 0 aliphatic heterocycles. The molecule has 2 atom stereocenters. The molecule has 0 aliphatic rings. The van der Waals surface area contributed by atoms with Crippen molar-refractivity contribution in [2.75, 3.05) is 6.54 Å². The summed E-state index contributed by atoms with van der Waals surface area (Å²) in [4.78, 5) is 20.1. The molecule has 0 radical (unpaired) electrons. The first-order chi connectivity index (χ1) is 18.7. The molecule has 2 heterocycles. The van der Waals surface area contributed by atoms with Crippen molar-refractivity contribution < 1.29 is 4.39 Å². The number of benzene rings is 2. The van der Waals surface area contributed by atoms with E-state index in [2.05, 4.69) is 21.9 Å². The number of halogens is 2. The van der Waals surface area contributed by atoms with Gasteiger partial charge in [-0.25, -0.2) is 9.18 Å². The van der Waals surface area contributed by atoms with Crippen molar-refractivity contribution in [2.45, 2.75) is 57.7 Å². The predicted molar refractivity (Wildman–Crippen MR) is 158 cm³/mol. The zero-order chi connectivity index (χ0) is 27.9. The highest BCUT2D eigenvalue weighted by atomic mass is 35.5. The molecule has 206 valence electrons. The Balaban J connectivity index is 1.52. The van der Waals surface area contributed by atoms with Crippen molar-refractivity contribution in [3.8, 4) is 16.9 Å². The zero-order valence-electron chi connectivity index (χ0n) is 22.2. The molecule has 6 N–H and O–H groups in total. The Labute approximate surface area is 233 Å². The van der Waals surface area contributed by atoms with Gasteiger partial charge in [0.15, 0.2) is 5.82 Å². The van der Waals surface area contributed by atoms with E-state index >= 15 is 4.39 Å². The molecule has 0 bridgehead atoms. The number of H-pyrrole nitrogens is 1. The number of hydrogen-bond acceptors (Lipinski definition) is 5. The van der Waals surface area contributed by atoms with Gasteiger partial charge in [-0.3, -0.25) is 4.57 Å². The van der Waals surface area contributed by atoms with Gasteiger partial charge in [-0.2, -0.15) is 4.98 Å². The van der Waals surface area contributed by atoms with Crippen LogP contribution in [0.25, 0.3) is 28.0 Å². The number of fused-ring (bicyclic) bond motifs is 1. The van der Waals surface area contributed by atoms with Gasteiger partial charge in [-0.05, 0) is 87.0 Å². The third-order valence-electron chi connectivity index (χ3n) is 6.72. The lowest BCUT2D eigenvalue weighted by Crippen LogP contribution is -2.26. The van der Waals surface area contributed by atoms with Gasteiger partial charge < -0.3 is 21.8 Å². The van der Waals surface area contributed by atoms with Gasteiger partial charge in [0.1, 0.15) is 5.65 Å². The Morgan fingerprint density at radius 2 is 1.95 bits per heavy atom. The van der Waals surface area contributed by atoms with Gasteiger partial charge in [0.2, 0.25) is 0 Å². The lowest BCUT2D eigenvalue weighted by molar-refractivity contribution is 0.565. The van der Waals surface area contributed by atoms with E-state index in [4.69, 9.17) is 23.1 Å². The van der Waals surface area contributed by atoms with Crippen molar-refractivity contribution in [1.82, 2.24) is 19.9 Å². The molecule has 39 heavy (non-hydrogen) atoms. The lowest BCUT2D eigenvalue weighted by atomic mass is 10.0. The van der Waals surface area contributed by atoms with Crippen LogP contribution in [-0.4, -0.2) is 33.2 Å². The average Bonchev–Trinajstić information content (AvgIpc) is 3.31. The summed E-state index contributed by atoms with van der Waals surface area (Å²) in [5, 5.41) is 4.13. The molecule has 0 aliphatic carbocycles. The van der Waals surface area contributed by atoms with Crippen LogP contribution in [0.5, 0.6) is 0 Å². The van der Waals surface area contributed by atoms with Crippen LogP contribution >= 0.6 is 11.6 Å². The lowest BCUT2D eigenvalue weighted by Gasteiger charge is -2.10. The van der Waals surface area contributed by atoms with Crippen molar-refractivity contribution in [3.63, 3.8) is 0 Å². The van der Waals surface area contributed by atoms with Crippen LogP contribution in [0.1, 0.15) is 43.7 Å². The molecule has 2 aromatic carbocycles. The molecule has 9 heteroatoms. The molecule has 0 spiro atoms. The summed E-state index contributed by atoms with van der Waals surface area (Å²) in [7, 11) is 0. The van der Waals surface area contributed by atoms with E-state index in [0.29, 0.717) is 34.5 Å². The fourth-order valence-electron chi connectivity index (χ4n) is 4.56. The first kappa shape index (κ1) is 28.7. The van der Waals surface area contributed by atoms with Crippen molar-refractivity contribution in [2.24, 2.45) is 11.5 Å². The second-order valence-corrected chi connectivity index (χ2v) is 10.5. The van der Waals surface area contributed by atoms with E-state index in [1.165, 1.54) is 4.57 Å². The number of rotatable bonds is 13. The minimum atomic E-state index is -0.513. The van der Waals surface area contributed by atoms with Gasteiger partial charge >= 0.3 is 5.69 Å². The quantitative estimate of drug-likeness (QED) is 0.134. The summed E-state index contributed by atoms with van der Waals surface area (Å²) in [5.74, 6) is -0.513. The van der Waals surface area contributed by atoms with Crippen LogP contribution in [0.2, 0.25) is 5.02 Å². The third-order valence-corrected chi connectivity index (χ3v) is 6.99. The number of hydrogen-bond donors (Lipinski definition) is 4. The largest absolute Gasteiger partial charge is 0.354 e. The second-order valence-electron chi connectivity index (χ2n) is 10.1. The van der Waals surface area contributed by atoms with E-state index in [0.717, 1.165) is 49.8 Å². The maximum absolute atomic E-state index is 15.0. The van der Waals surface area contributed by atoms with Gasteiger partial charge in [0.25, 0.3) is 0 Å². The van der Waals surface area contributed by atoms with E-state index in [9.17, 15) is 4.79 Å². The minimum absolute atomic E-state index is 0.0590. The maximum atomic E-state index is 15.0. The van der Waals surface area contributed by atoms with Crippen LogP contribution in [0.15, 0.2) is 66.1 Å². The first-order valence-electron chi connectivity index (χ1n) is 13.3. The zero-order valence-corrected chi connectivity index (χ0v) is 23.0. The molecular formula is C30H36ClFN6O. The second kappa shape index (κ2) is 13.2. The van der Waals surface area contributed by atoms with E-state index in [1.54, 1.807) is 24.4 Å². The monoisotopic (exact) mass is 550 g/mol. The number of nitrogens with zero attached hydrogens (tertiary/aromatic N) is 2. The summed E-state index contributed by atoms with van der Waals surface area (Å²) in [6.07, 6.45) is 7.72. The summed E-state index contributed by atoms with van der Waals surface area (Å²) in [5.41, 5.74) is 15.4. The first-order valence-corrected chi connectivity index (χ1v) is 13.7. The molecule has 4 aromatic rings. The topological polar surface area (TPSA) is 115 Å². The molecule has 0 amide bonds. The van der Waals surface area contributed by atoms with Gasteiger partial charge in [0.05, 0.1) is 16.4 Å². The number of aromatic amines is 1. The molecular weight excluding hydrogens is 515 g/mol. The highest BCUT2D eigenvalue weighted by Gasteiger charge is 2.15. The Hall–Kier alpha value is -3.30. The SMILES string of the molecule is C=CC[C@H](N)CCNCc1ccc(-n2cc3cc(-c4cc(CCC[C@H](C)N)cc(Cl)c4F)[nH]c3nc2=O)cc1. The highest BCUT2D eigenvalue weighted by molar-refractivity contribution is 6.31. The summed E-state index contributed by atoms with van der Waals surface area (Å²) < 4.78 is 16.5. The van der Waals surface area contributed by atoms with Gasteiger partial charge in [-0.1, -0.05) is 29.8 Å². The smallest absolute Gasteiger partial charge is 0.339 e. The Kier molecular flexibility index (Phi) is 9.69. The fourth-order valence-corrected chi connectivity index (χ4v) is 4.81. The summed E-state index contributed by atoms with van der Waals surface area (Å²) in [6.45, 7) is 7.20. The van der Waals surface area contributed by atoms with Crippen molar-refractivity contribution in [3.05, 3.63) is 93.8 Å². The maximum Gasteiger partial charge on any atom is 0.354 e. The average molecular weight is 551 g/mol. The highest BCUT2D eigenvalue weighted by Crippen LogP contribution is 2.31. The molecule has 0 saturated carbocycles. The third kappa shape index (κ3) is 7.42. The van der Waals surface area contributed by atoms with Crippen LogP contribution < -0.4 is 22.5 Å². The van der Waals surface area contributed by atoms with Crippen LogP contribution in [0.4, 0.5) is 4.39 Å².